The number of hydrogen-bond acceptors (Lipinski definition) is 1. The van der Waals surface area contributed by atoms with E-state index in [0.717, 1.165) is 11.1 Å². The van der Waals surface area contributed by atoms with E-state index in [-0.39, 0.29) is 17.6 Å². The van der Waals surface area contributed by atoms with E-state index in [4.69, 9.17) is 23.2 Å². The number of rotatable bonds is 8. The van der Waals surface area contributed by atoms with Gasteiger partial charge < -0.3 is 0 Å². The SMILES string of the molecule is O=C(C(CCCl)c1ccccc1)C(CCCl)c1ccccc1. The highest BCUT2D eigenvalue weighted by Crippen LogP contribution is 2.31. The molecule has 0 radical (unpaired) electrons. The summed E-state index contributed by atoms with van der Waals surface area (Å²) in [5.41, 5.74) is 2.06. The maximum Gasteiger partial charge on any atom is 0.147 e. The van der Waals surface area contributed by atoms with Crippen molar-refractivity contribution in [3.63, 3.8) is 0 Å². The first-order valence-electron chi connectivity index (χ1n) is 7.53. The number of alkyl halides is 2. The fourth-order valence-corrected chi connectivity index (χ4v) is 3.21. The van der Waals surface area contributed by atoms with E-state index in [1.54, 1.807) is 0 Å². The van der Waals surface area contributed by atoms with E-state index >= 15 is 0 Å². The fourth-order valence-electron chi connectivity index (χ4n) is 2.78. The van der Waals surface area contributed by atoms with Crippen molar-refractivity contribution in [2.24, 2.45) is 0 Å². The van der Waals surface area contributed by atoms with E-state index in [1.165, 1.54) is 0 Å². The molecule has 0 heterocycles. The predicted molar refractivity (Wildman–Crippen MR) is 94.0 cm³/mol. The third-order valence-electron chi connectivity index (χ3n) is 3.89. The summed E-state index contributed by atoms with van der Waals surface area (Å²) >= 11 is 11.9. The molecule has 1 nitrogen and oxygen atoms in total. The molecular weight excluding hydrogens is 315 g/mol. The zero-order valence-electron chi connectivity index (χ0n) is 12.4. The standard InChI is InChI=1S/C19H20Cl2O/c20-13-11-17(15-7-3-1-4-8-15)19(22)18(12-14-21)16-9-5-2-6-10-16/h1-10,17-18H,11-14H2. The van der Waals surface area contributed by atoms with Crippen molar-refractivity contribution in [2.75, 3.05) is 11.8 Å². The Morgan fingerprint density at radius 3 is 1.41 bits per heavy atom. The molecule has 2 rings (SSSR count). The third-order valence-corrected chi connectivity index (χ3v) is 4.32. The molecule has 0 N–H and O–H groups in total. The Labute approximate surface area is 142 Å². The Kier molecular flexibility index (Phi) is 6.95. The highest BCUT2D eigenvalue weighted by molar-refractivity contribution is 6.18. The normalized spacial score (nSPS) is 13.5. The first kappa shape index (κ1) is 17.1. The molecule has 0 fully saturated rings. The van der Waals surface area contributed by atoms with Crippen LogP contribution in [0.25, 0.3) is 0 Å². The van der Waals surface area contributed by atoms with E-state index in [9.17, 15) is 4.79 Å². The van der Waals surface area contributed by atoms with Crippen LogP contribution in [-0.4, -0.2) is 17.5 Å². The lowest BCUT2D eigenvalue weighted by Crippen LogP contribution is -2.22. The molecule has 0 saturated heterocycles. The van der Waals surface area contributed by atoms with Crippen LogP contribution < -0.4 is 0 Å². The molecule has 0 saturated carbocycles. The molecule has 116 valence electrons. The van der Waals surface area contributed by atoms with Crippen LogP contribution >= 0.6 is 23.2 Å². The smallest absolute Gasteiger partial charge is 0.147 e. The van der Waals surface area contributed by atoms with Crippen molar-refractivity contribution in [1.82, 2.24) is 0 Å². The number of carbonyl (C=O) groups excluding carboxylic acids is 1. The average Bonchev–Trinajstić information content (AvgIpc) is 2.58. The largest absolute Gasteiger partial charge is 0.298 e. The van der Waals surface area contributed by atoms with Crippen molar-refractivity contribution in [3.8, 4) is 0 Å². The first-order chi connectivity index (χ1) is 10.8. The van der Waals surface area contributed by atoms with Crippen LogP contribution in [0.5, 0.6) is 0 Å². The molecule has 3 heteroatoms. The average molecular weight is 335 g/mol. The van der Waals surface area contributed by atoms with Crippen molar-refractivity contribution in [3.05, 3.63) is 71.8 Å². The number of benzene rings is 2. The summed E-state index contributed by atoms with van der Waals surface area (Å²) in [6.45, 7) is 0. The Bertz CT molecular complexity index is 517. The monoisotopic (exact) mass is 334 g/mol. The molecule has 0 amide bonds. The van der Waals surface area contributed by atoms with Crippen LogP contribution in [-0.2, 0) is 4.79 Å². The van der Waals surface area contributed by atoms with Gasteiger partial charge in [-0.05, 0) is 24.0 Å². The topological polar surface area (TPSA) is 17.1 Å². The Balaban J connectivity index is 2.30. The molecule has 0 aliphatic heterocycles. The first-order valence-corrected chi connectivity index (χ1v) is 8.60. The maximum absolute atomic E-state index is 13.1. The quantitative estimate of drug-likeness (QED) is 0.592. The van der Waals surface area contributed by atoms with Gasteiger partial charge in [-0.2, -0.15) is 0 Å². The van der Waals surface area contributed by atoms with Gasteiger partial charge >= 0.3 is 0 Å². The summed E-state index contributed by atoms with van der Waals surface area (Å²) < 4.78 is 0. The van der Waals surface area contributed by atoms with E-state index in [2.05, 4.69) is 0 Å². The summed E-state index contributed by atoms with van der Waals surface area (Å²) in [7, 11) is 0. The summed E-state index contributed by atoms with van der Waals surface area (Å²) in [6.07, 6.45) is 1.30. The van der Waals surface area contributed by atoms with E-state index < -0.39 is 0 Å². The Morgan fingerprint density at radius 1 is 0.727 bits per heavy atom. The van der Waals surface area contributed by atoms with Crippen molar-refractivity contribution >= 4 is 29.0 Å². The van der Waals surface area contributed by atoms with E-state index in [0.29, 0.717) is 24.6 Å². The molecular formula is C19H20Cl2O. The molecule has 0 spiro atoms. The molecule has 0 aliphatic rings. The summed E-state index contributed by atoms with van der Waals surface area (Å²) in [5, 5.41) is 0. The van der Waals surface area contributed by atoms with Gasteiger partial charge in [0.25, 0.3) is 0 Å². The van der Waals surface area contributed by atoms with Gasteiger partial charge in [-0.15, -0.1) is 23.2 Å². The van der Waals surface area contributed by atoms with Crippen LogP contribution in [0.15, 0.2) is 60.7 Å². The molecule has 2 unspecified atom stereocenters. The fraction of sp³-hybridized carbons (Fsp3) is 0.316. The zero-order chi connectivity index (χ0) is 15.8. The second-order valence-electron chi connectivity index (χ2n) is 5.28. The van der Waals surface area contributed by atoms with Gasteiger partial charge in [0.05, 0.1) is 0 Å². The summed E-state index contributed by atoms with van der Waals surface area (Å²) in [6, 6.07) is 19.8. The van der Waals surface area contributed by atoms with E-state index in [1.807, 2.05) is 60.7 Å². The van der Waals surface area contributed by atoms with Crippen molar-refractivity contribution < 1.29 is 4.79 Å². The molecule has 0 aliphatic carbocycles. The Morgan fingerprint density at radius 2 is 1.09 bits per heavy atom. The van der Waals surface area contributed by atoms with Gasteiger partial charge in [0, 0.05) is 23.6 Å². The Hall–Kier alpha value is -1.31. The van der Waals surface area contributed by atoms with Crippen LogP contribution in [0.2, 0.25) is 0 Å². The van der Waals surface area contributed by atoms with Crippen molar-refractivity contribution in [2.45, 2.75) is 24.7 Å². The number of carbonyl (C=O) groups is 1. The van der Waals surface area contributed by atoms with Gasteiger partial charge in [0.15, 0.2) is 0 Å². The van der Waals surface area contributed by atoms with Gasteiger partial charge in [0.1, 0.15) is 5.78 Å². The summed E-state index contributed by atoms with van der Waals surface area (Å²) in [4.78, 5) is 13.1. The minimum absolute atomic E-state index is 0.174. The molecule has 2 aromatic carbocycles. The third kappa shape index (κ3) is 4.34. The molecule has 2 aromatic rings. The van der Waals surface area contributed by atoms with Crippen molar-refractivity contribution in [1.29, 1.82) is 0 Å². The highest BCUT2D eigenvalue weighted by Gasteiger charge is 2.28. The zero-order valence-corrected chi connectivity index (χ0v) is 13.9. The number of ketones is 1. The second-order valence-corrected chi connectivity index (χ2v) is 6.04. The minimum Gasteiger partial charge on any atom is -0.298 e. The van der Waals surface area contributed by atoms with Crippen LogP contribution in [0.1, 0.15) is 35.8 Å². The van der Waals surface area contributed by atoms with Gasteiger partial charge in [-0.1, -0.05) is 60.7 Å². The maximum atomic E-state index is 13.1. The van der Waals surface area contributed by atoms with Gasteiger partial charge in [-0.25, -0.2) is 0 Å². The molecule has 22 heavy (non-hydrogen) atoms. The lowest BCUT2D eigenvalue weighted by atomic mass is 9.81. The molecule has 0 aromatic heterocycles. The van der Waals surface area contributed by atoms with Crippen LogP contribution in [0.3, 0.4) is 0 Å². The summed E-state index contributed by atoms with van der Waals surface area (Å²) in [5.74, 6) is 0.791. The predicted octanol–water partition coefficient (Wildman–Crippen LogP) is 5.38. The molecule has 2 atom stereocenters. The minimum atomic E-state index is -0.174. The number of halogens is 2. The highest BCUT2D eigenvalue weighted by atomic mass is 35.5. The van der Waals surface area contributed by atoms with Gasteiger partial charge in [0.2, 0.25) is 0 Å². The number of hydrogen-bond donors (Lipinski definition) is 0. The lowest BCUT2D eigenvalue weighted by molar-refractivity contribution is -0.122. The van der Waals surface area contributed by atoms with Crippen LogP contribution in [0.4, 0.5) is 0 Å². The van der Waals surface area contributed by atoms with Crippen LogP contribution in [0, 0.1) is 0 Å². The van der Waals surface area contributed by atoms with Gasteiger partial charge in [-0.3, -0.25) is 4.79 Å². The lowest BCUT2D eigenvalue weighted by Gasteiger charge is -2.22. The molecule has 0 bridgehead atoms. The second kappa shape index (κ2) is 8.97. The number of Topliss-reactive ketones (excluding diaryl/α,β-unsaturated/α-hetero) is 1.